The van der Waals surface area contributed by atoms with E-state index in [0.29, 0.717) is 12.2 Å². The van der Waals surface area contributed by atoms with Gasteiger partial charge in [-0.3, -0.25) is 14.4 Å². The number of methoxy groups -OCH3 is 1. The summed E-state index contributed by atoms with van der Waals surface area (Å²) in [5.41, 5.74) is 2.28. The molecule has 53 heavy (non-hydrogen) atoms. The van der Waals surface area contributed by atoms with Crippen LogP contribution in [0.15, 0.2) is 103 Å². The van der Waals surface area contributed by atoms with Gasteiger partial charge in [0.05, 0.1) is 46.5 Å². The quantitative estimate of drug-likeness (QED) is 0.161. The summed E-state index contributed by atoms with van der Waals surface area (Å²) in [7, 11) is -0.868. The van der Waals surface area contributed by atoms with Gasteiger partial charge in [-0.15, -0.1) is 0 Å². The number of nitrogens with zero attached hydrogens (tertiary/aromatic N) is 2. The highest BCUT2D eigenvalue weighted by Crippen LogP contribution is 2.60. The third-order valence-electron chi connectivity index (χ3n) is 11.0. The van der Waals surface area contributed by atoms with Crippen LogP contribution >= 0.6 is 0 Å². The molecule has 0 bridgehead atoms. The highest BCUT2D eigenvalue weighted by atomic mass is 28.3. The van der Waals surface area contributed by atoms with Crippen molar-refractivity contribution in [3.8, 4) is 5.75 Å². The predicted octanol–water partition coefficient (Wildman–Crippen LogP) is 5.19. The SMILES string of the molecule is COc1ccc([Si](C)(C)[C@@H]2[C@@H](CC(=O)N(CCO)Cc3ccccc3)O[C@]3(C(=O)N(Cc4cccc(NC(=O)[C@H](C)O)c4)c4ccccc43)[C@H]2C)cc1. The summed E-state index contributed by atoms with van der Waals surface area (Å²) < 4.78 is 12.6. The molecule has 0 aromatic heterocycles. The van der Waals surface area contributed by atoms with Gasteiger partial charge in [0.2, 0.25) is 5.91 Å². The lowest BCUT2D eigenvalue weighted by Gasteiger charge is -2.37. The van der Waals surface area contributed by atoms with Crippen LogP contribution in [0.25, 0.3) is 0 Å². The zero-order chi connectivity index (χ0) is 37.9. The van der Waals surface area contributed by atoms with Gasteiger partial charge >= 0.3 is 0 Å². The number of rotatable bonds is 13. The first-order chi connectivity index (χ1) is 25.4. The number of fused-ring (bicyclic) bond motifs is 2. The fourth-order valence-electron chi connectivity index (χ4n) is 8.32. The standard InChI is InChI=1S/C42H49N3O7Si/c1-28-39(53(4,5)34-20-18-33(51-3)19-21-34)37(25-38(48)44(22-23-46)26-30-12-7-6-8-13-30)52-42(28)35-16-9-10-17-36(35)45(41(42)50)27-31-14-11-15-32(24-31)43-40(49)29(2)47/h6-21,24,28-29,37,39,46-47H,22-23,25-27H2,1-5H3,(H,43,49)/t28-,29-,37+,39-,42+/m0/s1. The molecular formula is C42H49N3O7Si. The van der Waals surface area contributed by atoms with E-state index in [4.69, 9.17) is 9.47 Å². The Balaban J connectivity index is 1.38. The van der Waals surface area contributed by atoms with E-state index in [1.54, 1.807) is 35.1 Å². The number of aliphatic hydroxyl groups is 2. The Kier molecular flexibility index (Phi) is 11.2. The van der Waals surface area contributed by atoms with Crippen LogP contribution in [0.4, 0.5) is 11.4 Å². The third-order valence-corrected chi connectivity index (χ3v) is 15.3. The van der Waals surface area contributed by atoms with Gasteiger partial charge in [0.25, 0.3) is 11.8 Å². The summed E-state index contributed by atoms with van der Waals surface area (Å²) >= 11 is 0. The molecule has 5 atom stereocenters. The summed E-state index contributed by atoms with van der Waals surface area (Å²) in [6, 6.07) is 32.8. The van der Waals surface area contributed by atoms with Crippen molar-refractivity contribution in [2.45, 2.75) is 69.8 Å². The molecule has 6 rings (SSSR count). The average molecular weight is 736 g/mol. The first-order valence-electron chi connectivity index (χ1n) is 18.1. The number of nitrogens with one attached hydrogen (secondary N) is 1. The Bertz CT molecular complexity index is 1940. The van der Waals surface area contributed by atoms with Crippen LogP contribution in [-0.4, -0.2) is 73.4 Å². The maximum Gasteiger partial charge on any atom is 0.264 e. The van der Waals surface area contributed by atoms with E-state index in [1.807, 2.05) is 72.8 Å². The highest BCUT2D eigenvalue weighted by molar-refractivity contribution is 6.91. The molecule has 11 heteroatoms. The molecule has 2 heterocycles. The number of para-hydroxylation sites is 1. The summed E-state index contributed by atoms with van der Waals surface area (Å²) in [6.07, 6.45) is -1.70. The monoisotopic (exact) mass is 735 g/mol. The molecule has 4 aromatic carbocycles. The number of hydrogen-bond donors (Lipinski definition) is 3. The number of carbonyl (C=O) groups excluding carboxylic acids is 3. The van der Waals surface area contributed by atoms with Crippen molar-refractivity contribution >= 4 is 42.4 Å². The van der Waals surface area contributed by atoms with Crippen molar-refractivity contribution < 1.29 is 34.1 Å². The van der Waals surface area contributed by atoms with Crippen molar-refractivity contribution in [1.29, 1.82) is 0 Å². The van der Waals surface area contributed by atoms with Crippen molar-refractivity contribution in [3.05, 3.63) is 120 Å². The molecule has 0 unspecified atom stereocenters. The zero-order valence-corrected chi connectivity index (χ0v) is 32.0. The molecule has 1 spiro atoms. The molecule has 0 radical (unpaired) electrons. The van der Waals surface area contributed by atoms with Gasteiger partial charge in [0.15, 0.2) is 5.60 Å². The average Bonchev–Trinajstić information content (AvgIpc) is 3.58. The molecule has 10 nitrogen and oxygen atoms in total. The summed E-state index contributed by atoms with van der Waals surface area (Å²) in [4.78, 5) is 45.0. The van der Waals surface area contributed by atoms with E-state index < -0.39 is 31.8 Å². The molecule has 2 aliphatic rings. The lowest BCUT2D eigenvalue weighted by molar-refractivity contribution is -0.150. The minimum Gasteiger partial charge on any atom is -0.497 e. The number of anilines is 2. The first kappa shape index (κ1) is 37.9. The Morgan fingerprint density at radius 3 is 2.34 bits per heavy atom. The second-order valence-corrected chi connectivity index (χ2v) is 19.3. The number of hydrogen-bond acceptors (Lipinski definition) is 7. The number of benzene rings is 4. The fourth-order valence-corrected chi connectivity index (χ4v) is 12.3. The van der Waals surface area contributed by atoms with E-state index >= 15 is 4.79 Å². The molecule has 4 aromatic rings. The minimum atomic E-state index is -2.51. The third kappa shape index (κ3) is 7.39. The Morgan fingerprint density at radius 2 is 1.66 bits per heavy atom. The van der Waals surface area contributed by atoms with Crippen LogP contribution in [0, 0.1) is 5.92 Å². The number of ether oxygens (including phenoxy) is 2. The van der Waals surface area contributed by atoms with E-state index in [0.717, 1.165) is 33.3 Å². The van der Waals surface area contributed by atoms with Crippen LogP contribution < -0.4 is 20.1 Å². The molecule has 3 amide bonds. The van der Waals surface area contributed by atoms with Gasteiger partial charge in [-0.25, -0.2) is 0 Å². The summed E-state index contributed by atoms with van der Waals surface area (Å²) in [5.74, 6) is -0.412. The van der Waals surface area contributed by atoms with Crippen molar-refractivity contribution in [3.63, 3.8) is 0 Å². The van der Waals surface area contributed by atoms with Gasteiger partial charge in [-0.05, 0) is 53.9 Å². The Morgan fingerprint density at radius 1 is 0.981 bits per heavy atom. The highest BCUT2D eigenvalue weighted by Gasteiger charge is 2.66. The molecule has 3 N–H and O–H groups in total. The maximum atomic E-state index is 15.1. The molecule has 278 valence electrons. The molecule has 1 fully saturated rings. The molecule has 0 aliphatic carbocycles. The van der Waals surface area contributed by atoms with Gasteiger partial charge in [-0.1, -0.05) is 98.0 Å². The van der Waals surface area contributed by atoms with Crippen molar-refractivity contribution in [2.75, 3.05) is 30.5 Å². The topological polar surface area (TPSA) is 129 Å². The molecular weight excluding hydrogens is 687 g/mol. The van der Waals surface area contributed by atoms with E-state index in [1.165, 1.54) is 6.92 Å². The van der Waals surface area contributed by atoms with Crippen LogP contribution in [0.3, 0.4) is 0 Å². The lowest BCUT2D eigenvalue weighted by atomic mass is 9.82. The molecule has 1 saturated heterocycles. The number of aliphatic hydroxyl groups excluding tert-OH is 2. The second kappa shape index (κ2) is 15.7. The van der Waals surface area contributed by atoms with Gasteiger partial charge in [-0.2, -0.15) is 0 Å². The summed E-state index contributed by atoms with van der Waals surface area (Å²) in [5, 5.41) is 23.6. The number of carbonyl (C=O) groups is 3. The maximum absolute atomic E-state index is 15.1. The minimum absolute atomic E-state index is 0.0522. The van der Waals surface area contributed by atoms with Gasteiger partial charge in [0, 0.05) is 30.3 Å². The first-order valence-corrected chi connectivity index (χ1v) is 21.2. The zero-order valence-electron chi connectivity index (χ0n) is 31.0. The largest absolute Gasteiger partial charge is 0.497 e. The predicted molar refractivity (Wildman–Crippen MR) is 208 cm³/mol. The Labute approximate surface area is 312 Å². The van der Waals surface area contributed by atoms with E-state index in [9.17, 15) is 19.8 Å². The molecule has 2 aliphatic heterocycles. The van der Waals surface area contributed by atoms with E-state index in [2.05, 4.69) is 37.5 Å². The normalized spacial score (nSPS) is 21.4. The van der Waals surface area contributed by atoms with Crippen molar-refractivity contribution in [1.82, 2.24) is 4.90 Å². The van der Waals surface area contributed by atoms with Crippen LogP contribution in [0.2, 0.25) is 18.6 Å². The smallest absolute Gasteiger partial charge is 0.264 e. The Hall–Kier alpha value is -4.81. The second-order valence-electron chi connectivity index (χ2n) is 14.7. The van der Waals surface area contributed by atoms with Crippen LogP contribution in [-0.2, 0) is 37.8 Å². The van der Waals surface area contributed by atoms with Gasteiger partial charge < -0.3 is 34.8 Å². The van der Waals surface area contributed by atoms with Crippen LogP contribution in [0.5, 0.6) is 5.75 Å². The van der Waals surface area contributed by atoms with Crippen LogP contribution in [0.1, 0.15) is 37.0 Å². The number of amides is 3. The van der Waals surface area contributed by atoms with Crippen molar-refractivity contribution in [2.24, 2.45) is 5.92 Å². The summed E-state index contributed by atoms with van der Waals surface area (Å²) in [6.45, 7) is 8.63. The van der Waals surface area contributed by atoms with Gasteiger partial charge in [0.1, 0.15) is 11.9 Å². The fraction of sp³-hybridized carbons (Fsp3) is 0.357. The van der Waals surface area contributed by atoms with E-state index in [-0.39, 0.29) is 49.4 Å². The molecule has 0 saturated carbocycles. The lowest BCUT2D eigenvalue weighted by Crippen LogP contribution is -2.52.